The molecule has 0 aromatic heterocycles. The molecule has 0 saturated heterocycles. The maximum Gasteiger partial charge on any atom is 0.238 e. The van der Waals surface area contributed by atoms with Crippen LogP contribution in [0.1, 0.15) is 13.8 Å². The smallest absolute Gasteiger partial charge is 0.238 e. The SMILES string of the molecule is CCN(CC)C(=O)CS(=O)(=O)c1ccc(Br)cc1N. The molecular weight excluding hydrogens is 332 g/mol. The van der Waals surface area contributed by atoms with Crippen molar-refractivity contribution in [1.29, 1.82) is 0 Å². The number of amides is 1. The first-order chi connectivity index (χ1) is 8.81. The molecular formula is C12H17BrN2O3S. The number of halogens is 1. The Balaban J connectivity index is 3.02. The van der Waals surface area contributed by atoms with E-state index in [1.807, 2.05) is 13.8 Å². The Bertz CT molecular complexity index is 568. The first kappa shape index (κ1) is 16.0. The Hall–Kier alpha value is -1.08. The second-order valence-electron chi connectivity index (χ2n) is 4.01. The van der Waals surface area contributed by atoms with Crippen LogP contribution in [0.4, 0.5) is 5.69 Å². The van der Waals surface area contributed by atoms with E-state index in [-0.39, 0.29) is 10.6 Å². The molecule has 1 rings (SSSR count). The molecule has 0 heterocycles. The molecule has 0 aliphatic heterocycles. The number of carbonyl (C=O) groups is 1. The van der Waals surface area contributed by atoms with E-state index < -0.39 is 21.5 Å². The molecule has 19 heavy (non-hydrogen) atoms. The third-order valence-corrected chi connectivity index (χ3v) is 4.90. The van der Waals surface area contributed by atoms with Crippen molar-refractivity contribution in [3.05, 3.63) is 22.7 Å². The molecule has 7 heteroatoms. The van der Waals surface area contributed by atoms with Crippen LogP contribution in [0.15, 0.2) is 27.6 Å². The largest absolute Gasteiger partial charge is 0.398 e. The van der Waals surface area contributed by atoms with Gasteiger partial charge in [-0.1, -0.05) is 15.9 Å². The van der Waals surface area contributed by atoms with Crippen LogP contribution in [0, 0.1) is 0 Å². The van der Waals surface area contributed by atoms with Gasteiger partial charge in [0.1, 0.15) is 5.75 Å². The Morgan fingerprint density at radius 3 is 2.37 bits per heavy atom. The van der Waals surface area contributed by atoms with Crippen molar-refractivity contribution in [3.63, 3.8) is 0 Å². The molecule has 0 atom stereocenters. The summed E-state index contributed by atoms with van der Waals surface area (Å²) >= 11 is 3.21. The van der Waals surface area contributed by atoms with Gasteiger partial charge in [-0.05, 0) is 32.0 Å². The monoisotopic (exact) mass is 348 g/mol. The van der Waals surface area contributed by atoms with Crippen LogP contribution in [0.5, 0.6) is 0 Å². The molecule has 0 spiro atoms. The van der Waals surface area contributed by atoms with Gasteiger partial charge in [-0.2, -0.15) is 0 Å². The molecule has 0 radical (unpaired) electrons. The van der Waals surface area contributed by atoms with Crippen molar-refractivity contribution in [2.24, 2.45) is 0 Å². The zero-order valence-electron chi connectivity index (χ0n) is 10.9. The fourth-order valence-corrected chi connectivity index (χ4v) is 3.45. The minimum absolute atomic E-state index is 0.00351. The third-order valence-electron chi connectivity index (χ3n) is 2.74. The number of sulfone groups is 1. The standard InChI is InChI=1S/C12H17BrN2O3S/c1-3-15(4-2)12(16)8-19(17,18)11-6-5-9(13)7-10(11)14/h5-7H,3-4,8,14H2,1-2H3. The molecule has 1 amide bonds. The summed E-state index contributed by atoms with van der Waals surface area (Å²) in [4.78, 5) is 13.3. The average Bonchev–Trinajstić information content (AvgIpc) is 2.29. The summed E-state index contributed by atoms with van der Waals surface area (Å²) in [6.07, 6.45) is 0. The van der Waals surface area contributed by atoms with Crippen molar-refractivity contribution < 1.29 is 13.2 Å². The maximum absolute atomic E-state index is 12.2. The molecule has 0 aliphatic carbocycles. The van der Waals surface area contributed by atoms with Gasteiger partial charge in [-0.25, -0.2) is 8.42 Å². The molecule has 1 aromatic rings. The topological polar surface area (TPSA) is 80.5 Å². The Morgan fingerprint density at radius 1 is 1.32 bits per heavy atom. The number of nitrogens with two attached hydrogens (primary N) is 1. The minimum Gasteiger partial charge on any atom is -0.398 e. The van der Waals surface area contributed by atoms with Crippen molar-refractivity contribution in [3.8, 4) is 0 Å². The molecule has 2 N–H and O–H groups in total. The Morgan fingerprint density at radius 2 is 1.89 bits per heavy atom. The summed E-state index contributed by atoms with van der Waals surface area (Å²) in [7, 11) is -3.71. The van der Waals surface area contributed by atoms with E-state index in [0.717, 1.165) is 0 Å². The lowest BCUT2D eigenvalue weighted by molar-refractivity contribution is -0.128. The Kier molecular flexibility index (Phi) is 5.37. The molecule has 5 nitrogen and oxygen atoms in total. The number of benzene rings is 1. The van der Waals surface area contributed by atoms with Gasteiger partial charge >= 0.3 is 0 Å². The highest BCUT2D eigenvalue weighted by Crippen LogP contribution is 2.23. The van der Waals surface area contributed by atoms with Crippen LogP contribution >= 0.6 is 15.9 Å². The van der Waals surface area contributed by atoms with Crippen molar-refractivity contribution >= 4 is 37.4 Å². The minimum atomic E-state index is -3.71. The van der Waals surface area contributed by atoms with Crippen LogP contribution in [0.25, 0.3) is 0 Å². The van der Waals surface area contributed by atoms with Crippen LogP contribution in [-0.4, -0.2) is 38.1 Å². The first-order valence-electron chi connectivity index (χ1n) is 5.87. The summed E-state index contributed by atoms with van der Waals surface area (Å²) in [5.41, 5.74) is 5.83. The molecule has 0 aliphatic rings. The van der Waals surface area contributed by atoms with E-state index in [2.05, 4.69) is 15.9 Å². The normalized spacial score (nSPS) is 11.3. The summed E-state index contributed by atoms with van der Waals surface area (Å²) in [6, 6.07) is 4.50. The highest BCUT2D eigenvalue weighted by molar-refractivity contribution is 9.10. The second kappa shape index (κ2) is 6.38. The van der Waals surface area contributed by atoms with Gasteiger partial charge in [0.15, 0.2) is 9.84 Å². The number of anilines is 1. The van der Waals surface area contributed by atoms with Gasteiger partial charge in [-0.3, -0.25) is 4.79 Å². The Labute approximate surface area is 121 Å². The summed E-state index contributed by atoms with van der Waals surface area (Å²) in [5.74, 6) is -0.965. The molecule has 0 fully saturated rings. The van der Waals surface area contributed by atoms with Gasteiger partial charge in [-0.15, -0.1) is 0 Å². The van der Waals surface area contributed by atoms with Crippen molar-refractivity contribution in [1.82, 2.24) is 4.90 Å². The zero-order chi connectivity index (χ0) is 14.6. The highest BCUT2D eigenvalue weighted by atomic mass is 79.9. The fourth-order valence-electron chi connectivity index (χ4n) is 1.71. The number of nitrogens with zero attached hydrogens (tertiary/aromatic N) is 1. The number of rotatable bonds is 5. The number of nitrogen functional groups attached to an aromatic ring is 1. The lowest BCUT2D eigenvalue weighted by Crippen LogP contribution is -2.35. The maximum atomic E-state index is 12.2. The van der Waals surface area contributed by atoms with Gasteiger partial charge in [0, 0.05) is 17.6 Å². The molecule has 106 valence electrons. The lowest BCUT2D eigenvalue weighted by atomic mass is 10.3. The van der Waals surface area contributed by atoms with E-state index in [0.29, 0.717) is 17.6 Å². The average molecular weight is 349 g/mol. The zero-order valence-corrected chi connectivity index (χ0v) is 13.3. The van der Waals surface area contributed by atoms with Gasteiger partial charge in [0.2, 0.25) is 5.91 Å². The molecule has 1 aromatic carbocycles. The lowest BCUT2D eigenvalue weighted by Gasteiger charge is -2.18. The van der Waals surface area contributed by atoms with Gasteiger partial charge in [0.25, 0.3) is 0 Å². The van der Waals surface area contributed by atoms with Crippen molar-refractivity contribution in [2.45, 2.75) is 18.7 Å². The van der Waals surface area contributed by atoms with Crippen molar-refractivity contribution in [2.75, 3.05) is 24.6 Å². The van der Waals surface area contributed by atoms with E-state index in [1.54, 1.807) is 6.07 Å². The predicted molar refractivity (Wildman–Crippen MR) is 78.5 cm³/mol. The van der Waals surface area contributed by atoms with E-state index >= 15 is 0 Å². The van der Waals surface area contributed by atoms with Gasteiger partial charge < -0.3 is 10.6 Å². The summed E-state index contributed by atoms with van der Waals surface area (Å²) in [5, 5.41) is 0. The number of carbonyl (C=O) groups excluding carboxylic acids is 1. The van der Waals surface area contributed by atoms with Gasteiger partial charge in [0.05, 0.1) is 10.6 Å². The second-order valence-corrected chi connectivity index (χ2v) is 6.88. The molecule has 0 bridgehead atoms. The molecule has 0 unspecified atom stereocenters. The third kappa shape index (κ3) is 3.94. The summed E-state index contributed by atoms with van der Waals surface area (Å²) in [6.45, 7) is 4.59. The fraction of sp³-hybridized carbons (Fsp3) is 0.417. The van der Waals surface area contributed by atoms with Crippen LogP contribution in [-0.2, 0) is 14.6 Å². The van der Waals surface area contributed by atoms with Crippen LogP contribution in [0.2, 0.25) is 0 Å². The predicted octanol–water partition coefficient (Wildman–Crippen LogP) is 1.67. The van der Waals surface area contributed by atoms with E-state index in [4.69, 9.17) is 5.73 Å². The summed E-state index contributed by atoms with van der Waals surface area (Å²) < 4.78 is 25.0. The number of hydrogen-bond acceptors (Lipinski definition) is 4. The quantitative estimate of drug-likeness (QED) is 0.820. The number of hydrogen-bond donors (Lipinski definition) is 1. The van der Waals surface area contributed by atoms with E-state index in [9.17, 15) is 13.2 Å². The van der Waals surface area contributed by atoms with Crippen LogP contribution in [0.3, 0.4) is 0 Å². The first-order valence-corrected chi connectivity index (χ1v) is 8.32. The molecule has 0 saturated carbocycles. The van der Waals surface area contributed by atoms with E-state index in [1.165, 1.54) is 17.0 Å². The highest BCUT2D eigenvalue weighted by Gasteiger charge is 2.24. The van der Waals surface area contributed by atoms with Crippen LogP contribution < -0.4 is 5.73 Å².